The molecule has 1 amide bonds. The Kier molecular flexibility index (Phi) is 6.90. The van der Waals surface area contributed by atoms with Crippen LogP contribution in [0.3, 0.4) is 0 Å². The molecule has 180 valence electrons. The average molecular weight is 532 g/mol. The molecule has 1 atom stereocenters. The zero-order valence-electron chi connectivity index (χ0n) is 17.3. The number of nitrogens with zero attached hydrogens (tertiary/aromatic N) is 4. The van der Waals surface area contributed by atoms with Crippen LogP contribution >= 0.6 is 22.9 Å². The molecule has 0 bridgehead atoms. The number of pyridine rings is 1. The van der Waals surface area contributed by atoms with E-state index in [-0.39, 0.29) is 17.3 Å². The largest absolute Gasteiger partial charge is 0.433 e. The van der Waals surface area contributed by atoms with Crippen LogP contribution in [0.5, 0.6) is 0 Å². The lowest BCUT2D eigenvalue weighted by Gasteiger charge is -2.22. The van der Waals surface area contributed by atoms with Crippen LogP contribution in [-0.2, 0) is 27.5 Å². The SMILES string of the molecule is O=C(NCc1cc(-c2ccc(C(F)(F)F)nc2)ncn1)[C@@H]1CCCN1S(=O)(=O)c1ccc(Cl)s1. The Labute approximate surface area is 201 Å². The molecule has 1 aliphatic heterocycles. The van der Waals surface area contributed by atoms with Gasteiger partial charge in [0.25, 0.3) is 10.0 Å². The van der Waals surface area contributed by atoms with Gasteiger partial charge in [0.05, 0.1) is 22.3 Å². The zero-order valence-corrected chi connectivity index (χ0v) is 19.7. The molecule has 0 saturated carbocycles. The summed E-state index contributed by atoms with van der Waals surface area (Å²) in [6, 6.07) is 5.65. The lowest BCUT2D eigenvalue weighted by molar-refractivity contribution is -0.141. The lowest BCUT2D eigenvalue weighted by atomic mass is 10.1. The van der Waals surface area contributed by atoms with Crippen molar-refractivity contribution in [2.45, 2.75) is 35.8 Å². The molecule has 0 unspecified atom stereocenters. The van der Waals surface area contributed by atoms with E-state index < -0.39 is 33.8 Å². The highest BCUT2D eigenvalue weighted by atomic mass is 35.5. The number of alkyl halides is 3. The predicted octanol–water partition coefficient (Wildman–Crippen LogP) is 3.74. The summed E-state index contributed by atoms with van der Waals surface area (Å²) in [7, 11) is -3.86. The topological polar surface area (TPSA) is 105 Å². The molecule has 1 N–H and O–H groups in total. The standard InChI is InChI=1S/C20H17ClF3N5O3S2/c21-17-5-6-18(33-17)34(31,32)29-7-1-2-15(29)19(30)26-10-13-8-14(28-11-27-13)12-3-4-16(25-9-12)20(22,23)24/h3-6,8-9,11,15H,1-2,7,10H2,(H,26,30)/t15-/m0/s1. The fourth-order valence-corrected chi connectivity index (χ4v) is 6.77. The van der Waals surface area contributed by atoms with Gasteiger partial charge in [-0.05, 0) is 43.2 Å². The summed E-state index contributed by atoms with van der Waals surface area (Å²) in [5.41, 5.74) is 0.0696. The van der Waals surface area contributed by atoms with E-state index in [0.29, 0.717) is 34.1 Å². The Morgan fingerprint density at radius 2 is 2.00 bits per heavy atom. The summed E-state index contributed by atoms with van der Waals surface area (Å²) in [5, 5.41) is 2.68. The number of aromatic nitrogens is 3. The van der Waals surface area contributed by atoms with E-state index in [1.807, 2.05) is 0 Å². The maximum atomic E-state index is 12.9. The molecule has 0 aliphatic carbocycles. The first kappa shape index (κ1) is 24.5. The van der Waals surface area contributed by atoms with E-state index in [2.05, 4.69) is 20.3 Å². The van der Waals surface area contributed by atoms with Gasteiger partial charge >= 0.3 is 6.18 Å². The third-order valence-electron chi connectivity index (χ3n) is 5.13. The number of hydrogen-bond acceptors (Lipinski definition) is 7. The van der Waals surface area contributed by atoms with Gasteiger partial charge in [-0.25, -0.2) is 18.4 Å². The monoisotopic (exact) mass is 531 g/mol. The van der Waals surface area contributed by atoms with Crippen molar-refractivity contribution in [1.29, 1.82) is 0 Å². The van der Waals surface area contributed by atoms with Gasteiger partial charge < -0.3 is 5.32 Å². The van der Waals surface area contributed by atoms with Crippen LogP contribution in [0.25, 0.3) is 11.3 Å². The zero-order chi connectivity index (χ0) is 24.5. The van der Waals surface area contributed by atoms with Crippen LogP contribution < -0.4 is 5.32 Å². The number of carbonyl (C=O) groups excluding carboxylic acids is 1. The van der Waals surface area contributed by atoms with Crippen molar-refractivity contribution in [3.8, 4) is 11.3 Å². The van der Waals surface area contributed by atoms with Gasteiger partial charge in [0.15, 0.2) is 0 Å². The lowest BCUT2D eigenvalue weighted by Crippen LogP contribution is -2.45. The van der Waals surface area contributed by atoms with E-state index in [9.17, 15) is 26.4 Å². The number of nitrogens with one attached hydrogen (secondary N) is 1. The molecule has 0 radical (unpaired) electrons. The van der Waals surface area contributed by atoms with Crippen LogP contribution in [0.15, 0.2) is 47.1 Å². The molecule has 34 heavy (non-hydrogen) atoms. The Hall–Kier alpha value is -2.61. The van der Waals surface area contributed by atoms with E-state index in [1.165, 1.54) is 34.9 Å². The molecule has 3 aromatic heterocycles. The molecular weight excluding hydrogens is 515 g/mol. The first-order valence-corrected chi connectivity index (χ1v) is 12.6. The highest BCUT2D eigenvalue weighted by Gasteiger charge is 2.40. The summed E-state index contributed by atoms with van der Waals surface area (Å²) in [6.45, 7) is 0.201. The maximum absolute atomic E-state index is 12.9. The van der Waals surface area contributed by atoms with Gasteiger partial charge in [-0.2, -0.15) is 17.5 Å². The molecule has 8 nitrogen and oxygen atoms in total. The van der Waals surface area contributed by atoms with Crippen molar-refractivity contribution in [2.24, 2.45) is 0 Å². The van der Waals surface area contributed by atoms with Gasteiger partial charge in [-0.1, -0.05) is 11.6 Å². The smallest absolute Gasteiger partial charge is 0.349 e. The predicted molar refractivity (Wildman–Crippen MR) is 118 cm³/mol. The minimum atomic E-state index is -4.54. The summed E-state index contributed by atoms with van der Waals surface area (Å²) in [6.07, 6.45) is -1.35. The third-order valence-corrected chi connectivity index (χ3v) is 8.74. The molecule has 4 heterocycles. The summed E-state index contributed by atoms with van der Waals surface area (Å²) >= 11 is 6.79. The normalized spacial score (nSPS) is 17.1. The first-order chi connectivity index (χ1) is 16.1. The minimum absolute atomic E-state index is 0.0162. The molecule has 0 aromatic carbocycles. The highest BCUT2D eigenvalue weighted by Crippen LogP contribution is 2.32. The van der Waals surface area contributed by atoms with Gasteiger partial charge in [-0.3, -0.25) is 9.78 Å². The number of halogens is 4. The number of rotatable bonds is 6. The summed E-state index contributed by atoms with van der Waals surface area (Å²) in [4.78, 5) is 24.3. The minimum Gasteiger partial charge on any atom is -0.349 e. The average Bonchev–Trinajstić information content (AvgIpc) is 3.47. The number of hydrogen-bond donors (Lipinski definition) is 1. The van der Waals surface area contributed by atoms with E-state index in [1.54, 1.807) is 0 Å². The maximum Gasteiger partial charge on any atom is 0.433 e. The van der Waals surface area contributed by atoms with Gasteiger partial charge in [0.1, 0.15) is 22.3 Å². The molecule has 0 spiro atoms. The molecule has 1 saturated heterocycles. The number of carbonyl (C=O) groups is 1. The van der Waals surface area contributed by atoms with Gasteiger partial charge in [-0.15, -0.1) is 11.3 Å². The van der Waals surface area contributed by atoms with E-state index in [4.69, 9.17) is 11.6 Å². The van der Waals surface area contributed by atoms with E-state index >= 15 is 0 Å². The van der Waals surface area contributed by atoms with Crippen molar-refractivity contribution in [3.63, 3.8) is 0 Å². The van der Waals surface area contributed by atoms with Gasteiger partial charge in [0.2, 0.25) is 5.91 Å². The van der Waals surface area contributed by atoms with E-state index in [0.717, 1.165) is 23.6 Å². The molecule has 14 heteroatoms. The fraction of sp³-hybridized carbons (Fsp3) is 0.300. The second-order valence-corrected chi connectivity index (χ2v) is 11.2. The van der Waals surface area contributed by atoms with Crippen LogP contribution in [0, 0.1) is 0 Å². The second-order valence-electron chi connectivity index (χ2n) is 7.37. The van der Waals surface area contributed by atoms with Gasteiger partial charge in [0, 0.05) is 18.3 Å². The quantitative estimate of drug-likeness (QED) is 0.519. The highest BCUT2D eigenvalue weighted by molar-refractivity contribution is 7.91. The molecule has 1 fully saturated rings. The number of thiophene rings is 1. The van der Waals surface area contributed by atoms with Crippen LogP contribution in [0.1, 0.15) is 24.2 Å². The molecule has 4 rings (SSSR count). The van der Waals surface area contributed by atoms with Crippen LogP contribution in [0.4, 0.5) is 13.2 Å². The van der Waals surface area contributed by atoms with Crippen molar-refractivity contribution in [2.75, 3.05) is 6.54 Å². The summed E-state index contributed by atoms with van der Waals surface area (Å²) in [5.74, 6) is -0.472. The Bertz CT molecular complexity index is 1300. The molecule has 1 aliphatic rings. The van der Waals surface area contributed by atoms with Crippen molar-refractivity contribution < 1.29 is 26.4 Å². The summed E-state index contributed by atoms with van der Waals surface area (Å²) < 4.78 is 65.6. The first-order valence-electron chi connectivity index (χ1n) is 9.95. The molecular formula is C20H17ClF3N5O3S2. The van der Waals surface area contributed by atoms with Crippen molar-refractivity contribution in [3.05, 3.63) is 58.6 Å². The Balaban J connectivity index is 1.44. The van der Waals surface area contributed by atoms with Crippen LogP contribution in [-0.4, -0.2) is 46.2 Å². The Morgan fingerprint density at radius 3 is 2.65 bits per heavy atom. The Morgan fingerprint density at radius 1 is 1.21 bits per heavy atom. The fourth-order valence-electron chi connectivity index (χ4n) is 3.50. The number of amides is 1. The second kappa shape index (κ2) is 9.56. The van der Waals surface area contributed by atoms with Crippen LogP contribution in [0.2, 0.25) is 4.34 Å². The third kappa shape index (κ3) is 5.22. The molecule has 3 aromatic rings. The van der Waals surface area contributed by atoms with Crippen molar-refractivity contribution in [1.82, 2.24) is 24.6 Å². The number of sulfonamides is 1. The van der Waals surface area contributed by atoms with Crippen molar-refractivity contribution >= 4 is 38.9 Å².